The number of fused-ring (bicyclic) bond motifs is 1. The molecule has 0 bridgehead atoms. The van der Waals surface area contributed by atoms with Crippen LogP contribution in [0, 0.1) is 0 Å². The standard InChI is InChI=1S/C25H28ClN5O3/c1-17-16-30(11-12-31(17)25(34)28-19-7-3-2-4-8-19)24(33)22(29-23(32)14-26)13-18-15-27-21-10-6-5-9-20(18)21/h2-10,15,17,22,27H,11-14,16H2,1H3,(H,28,34)(H,29,32). The van der Waals surface area contributed by atoms with Gasteiger partial charge >= 0.3 is 6.03 Å². The highest BCUT2D eigenvalue weighted by Gasteiger charge is 2.33. The number of carbonyl (C=O) groups excluding carboxylic acids is 3. The highest BCUT2D eigenvalue weighted by Crippen LogP contribution is 2.21. The fourth-order valence-electron chi connectivity index (χ4n) is 4.35. The quantitative estimate of drug-likeness (QED) is 0.471. The minimum atomic E-state index is -0.748. The van der Waals surface area contributed by atoms with Crippen LogP contribution in [0.2, 0.25) is 0 Å². The number of aromatic nitrogens is 1. The van der Waals surface area contributed by atoms with E-state index in [0.717, 1.165) is 22.2 Å². The van der Waals surface area contributed by atoms with E-state index in [1.807, 2.05) is 67.7 Å². The molecule has 2 unspecified atom stereocenters. The molecular weight excluding hydrogens is 454 g/mol. The Balaban J connectivity index is 1.44. The molecule has 8 nitrogen and oxygen atoms in total. The molecule has 3 N–H and O–H groups in total. The molecule has 2 atom stereocenters. The van der Waals surface area contributed by atoms with E-state index >= 15 is 0 Å². The number of para-hydroxylation sites is 2. The second-order valence-corrected chi connectivity index (χ2v) is 8.71. The van der Waals surface area contributed by atoms with Crippen LogP contribution in [-0.2, 0) is 16.0 Å². The first-order chi connectivity index (χ1) is 16.5. The summed E-state index contributed by atoms with van der Waals surface area (Å²) in [6, 6.07) is 16.0. The van der Waals surface area contributed by atoms with Crippen LogP contribution in [0.1, 0.15) is 12.5 Å². The molecule has 4 amide bonds. The number of piperazine rings is 1. The van der Waals surface area contributed by atoms with Gasteiger partial charge in [0.05, 0.1) is 0 Å². The summed E-state index contributed by atoms with van der Waals surface area (Å²) in [7, 11) is 0. The third-order valence-electron chi connectivity index (χ3n) is 6.08. The van der Waals surface area contributed by atoms with E-state index in [-0.39, 0.29) is 23.9 Å². The summed E-state index contributed by atoms with van der Waals surface area (Å²) in [6.45, 7) is 3.07. The molecule has 1 aliphatic rings. The van der Waals surface area contributed by atoms with Crippen molar-refractivity contribution in [1.29, 1.82) is 0 Å². The molecule has 1 aromatic heterocycles. The van der Waals surface area contributed by atoms with Gasteiger partial charge in [0.1, 0.15) is 11.9 Å². The van der Waals surface area contributed by atoms with Gasteiger partial charge < -0.3 is 25.4 Å². The fraction of sp³-hybridized carbons (Fsp3) is 0.320. The number of urea groups is 1. The van der Waals surface area contributed by atoms with Crippen LogP contribution in [0.3, 0.4) is 0 Å². The van der Waals surface area contributed by atoms with E-state index in [9.17, 15) is 14.4 Å². The third-order valence-corrected chi connectivity index (χ3v) is 6.32. The maximum absolute atomic E-state index is 13.5. The predicted molar refractivity (Wildman–Crippen MR) is 133 cm³/mol. The minimum absolute atomic E-state index is 0.182. The molecule has 0 spiro atoms. The zero-order valence-corrected chi connectivity index (χ0v) is 19.7. The highest BCUT2D eigenvalue weighted by molar-refractivity contribution is 6.27. The highest BCUT2D eigenvalue weighted by atomic mass is 35.5. The average Bonchev–Trinajstić information content (AvgIpc) is 3.26. The van der Waals surface area contributed by atoms with Crippen LogP contribution < -0.4 is 10.6 Å². The lowest BCUT2D eigenvalue weighted by Gasteiger charge is -2.41. The van der Waals surface area contributed by atoms with Gasteiger partial charge in [-0.15, -0.1) is 11.6 Å². The lowest BCUT2D eigenvalue weighted by molar-refractivity contribution is -0.138. The molecule has 1 fully saturated rings. The van der Waals surface area contributed by atoms with Crippen molar-refractivity contribution in [2.75, 3.05) is 30.8 Å². The fourth-order valence-corrected chi connectivity index (χ4v) is 4.43. The maximum Gasteiger partial charge on any atom is 0.322 e. The van der Waals surface area contributed by atoms with Gasteiger partial charge in [0.2, 0.25) is 11.8 Å². The molecule has 1 saturated heterocycles. The van der Waals surface area contributed by atoms with E-state index in [4.69, 9.17) is 11.6 Å². The molecule has 2 heterocycles. The molecule has 9 heteroatoms. The van der Waals surface area contributed by atoms with Gasteiger partial charge in [0.15, 0.2) is 0 Å². The molecular formula is C25H28ClN5O3. The monoisotopic (exact) mass is 481 g/mol. The van der Waals surface area contributed by atoms with Crippen LogP contribution in [0.25, 0.3) is 10.9 Å². The second-order valence-electron chi connectivity index (χ2n) is 8.44. The molecule has 178 valence electrons. The smallest absolute Gasteiger partial charge is 0.322 e. The number of rotatable bonds is 6. The van der Waals surface area contributed by atoms with E-state index in [1.165, 1.54) is 0 Å². The van der Waals surface area contributed by atoms with Crippen molar-refractivity contribution in [3.63, 3.8) is 0 Å². The Morgan fingerprint density at radius 1 is 1.09 bits per heavy atom. The Morgan fingerprint density at radius 2 is 1.82 bits per heavy atom. The first-order valence-electron chi connectivity index (χ1n) is 11.3. The van der Waals surface area contributed by atoms with Crippen LogP contribution in [-0.4, -0.2) is 70.2 Å². The normalized spacial score (nSPS) is 16.8. The topological polar surface area (TPSA) is 97.5 Å². The third kappa shape index (κ3) is 5.34. The lowest BCUT2D eigenvalue weighted by Crippen LogP contribution is -2.60. The van der Waals surface area contributed by atoms with E-state index < -0.39 is 11.9 Å². The summed E-state index contributed by atoms with van der Waals surface area (Å²) < 4.78 is 0. The minimum Gasteiger partial charge on any atom is -0.361 e. The summed E-state index contributed by atoms with van der Waals surface area (Å²) in [5.74, 6) is -0.797. The molecule has 4 rings (SSSR count). The molecule has 3 aromatic rings. The van der Waals surface area contributed by atoms with Crippen LogP contribution in [0.15, 0.2) is 60.8 Å². The lowest BCUT2D eigenvalue weighted by atomic mass is 10.0. The number of anilines is 1. The molecule has 0 radical (unpaired) electrons. The summed E-state index contributed by atoms with van der Waals surface area (Å²) in [4.78, 5) is 45.0. The first kappa shape index (κ1) is 23.6. The van der Waals surface area contributed by atoms with Crippen molar-refractivity contribution in [2.45, 2.75) is 25.4 Å². The SMILES string of the molecule is CC1CN(C(=O)C(Cc2c[nH]c3ccccc23)NC(=O)CCl)CCN1C(=O)Nc1ccccc1. The van der Waals surface area contributed by atoms with Crippen molar-refractivity contribution >= 4 is 46.0 Å². The van der Waals surface area contributed by atoms with Crippen molar-refractivity contribution in [3.05, 3.63) is 66.4 Å². The van der Waals surface area contributed by atoms with Gasteiger partial charge in [-0.05, 0) is 30.7 Å². The number of nitrogens with one attached hydrogen (secondary N) is 3. The number of hydrogen-bond acceptors (Lipinski definition) is 3. The number of alkyl halides is 1. The number of halogens is 1. The van der Waals surface area contributed by atoms with Crippen molar-refractivity contribution in [3.8, 4) is 0 Å². The Kier molecular flexibility index (Phi) is 7.37. The van der Waals surface area contributed by atoms with Crippen molar-refractivity contribution in [1.82, 2.24) is 20.1 Å². The largest absolute Gasteiger partial charge is 0.361 e. The second kappa shape index (κ2) is 10.6. The van der Waals surface area contributed by atoms with Crippen LogP contribution >= 0.6 is 11.6 Å². The number of amides is 4. The van der Waals surface area contributed by atoms with E-state index in [1.54, 1.807) is 9.80 Å². The molecule has 0 aliphatic carbocycles. The summed E-state index contributed by atoms with van der Waals surface area (Å²) in [5.41, 5.74) is 2.64. The molecule has 1 aliphatic heterocycles. The zero-order valence-electron chi connectivity index (χ0n) is 19.0. The van der Waals surface area contributed by atoms with E-state index in [2.05, 4.69) is 15.6 Å². The Hall–Kier alpha value is -3.52. The number of nitrogens with zero attached hydrogens (tertiary/aromatic N) is 2. The van der Waals surface area contributed by atoms with Gasteiger partial charge in [-0.25, -0.2) is 4.79 Å². The van der Waals surface area contributed by atoms with Gasteiger partial charge in [0, 0.05) is 54.9 Å². The van der Waals surface area contributed by atoms with Crippen molar-refractivity contribution in [2.24, 2.45) is 0 Å². The summed E-state index contributed by atoms with van der Waals surface area (Å²) >= 11 is 5.71. The van der Waals surface area contributed by atoms with Gasteiger partial charge in [-0.1, -0.05) is 36.4 Å². The van der Waals surface area contributed by atoms with E-state index in [0.29, 0.717) is 26.1 Å². The predicted octanol–water partition coefficient (Wildman–Crippen LogP) is 3.20. The Labute approximate surface area is 203 Å². The first-order valence-corrected chi connectivity index (χ1v) is 11.8. The maximum atomic E-state index is 13.5. The zero-order chi connectivity index (χ0) is 24.1. The number of H-pyrrole nitrogens is 1. The molecule has 2 aromatic carbocycles. The molecule has 34 heavy (non-hydrogen) atoms. The Morgan fingerprint density at radius 3 is 2.56 bits per heavy atom. The van der Waals surface area contributed by atoms with Gasteiger partial charge in [-0.3, -0.25) is 9.59 Å². The van der Waals surface area contributed by atoms with Gasteiger partial charge in [-0.2, -0.15) is 0 Å². The van der Waals surface area contributed by atoms with Crippen molar-refractivity contribution < 1.29 is 14.4 Å². The number of benzene rings is 2. The number of carbonyl (C=O) groups is 3. The van der Waals surface area contributed by atoms with Crippen LogP contribution in [0.5, 0.6) is 0 Å². The Bertz CT molecular complexity index is 1170. The summed E-state index contributed by atoms with van der Waals surface area (Å²) in [6.07, 6.45) is 2.21. The number of aromatic amines is 1. The summed E-state index contributed by atoms with van der Waals surface area (Å²) in [5, 5.41) is 6.69. The number of hydrogen-bond donors (Lipinski definition) is 3. The van der Waals surface area contributed by atoms with Gasteiger partial charge in [0.25, 0.3) is 0 Å². The average molecular weight is 482 g/mol. The van der Waals surface area contributed by atoms with Crippen LogP contribution in [0.4, 0.5) is 10.5 Å². The molecule has 0 saturated carbocycles.